The van der Waals surface area contributed by atoms with E-state index in [2.05, 4.69) is 56.5 Å². The van der Waals surface area contributed by atoms with Crippen LogP contribution in [0, 0.1) is 0 Å². The standard InChI is InChI=1S/C15H17BrN2S/c16-12-3-6-15(11(8-12)9-17)18(13-4-5-13)10-14-2-1-7-19-14/h1-3,6-8,13H,4-5,9-10,17H2. The molecule has 0 spiro atoms. The van der Waals surface area contributed by atoms with Crippen molar-refractivity contribution in [2.45, 2.75) is 32.0 Å². The van der Waals surface area contributed by atoms with E-state index in [0.29, 0.717) is 12.6 Å². The second kappa shape index (κ2) is 5.65. The van der Waals surface area contributed by atoms with Gasteiger partial charge in [0.05, 0.1) is 6.54 Å². The number of halogens is 1. The number of hydrogen-bond donors (Lipinski definition) is 1. The number of hydrogen-bond acceptors (Lipinski definition) is 3. The Balaban J connectivity index is 1.91. The van der Waals surface area contributed by atoms with Gasteiger partial charge in [-0.15, -0.1) is 11.3 Å². The minimum absolute atomic E-state index is 0.586. The number of thiophene rings is 1. The molecule has 0 radical (unpaired) electrons. The van der Waals surface area contributed by atoms with Gasteiger partial charge in [-0.1, -0.05) is 22.0 Å². The third-order valence-electron chi connectivity index (χ3n) is 3.46. The third kappa shape index (κ3) is 3.02. The fraction of sp³-hybridized carbons (Fsp3) is 0.333. The van der Waals surface area contributed by atoms with Gasteiger partial charge in [-0.3, -0.25) is 0 Å². The van der Waals surface area contributed by atoms with E-state index in [9.17, 15) is 0 Å². The lowest BCUT2D eigenvalue weighted by molar-refractivity contribution is 0.794. The molecule has 1 aliphatic carbocycles. The van der Waals surface area contributed by atoms with Gasteiger partial charge in [-0.25, -0.2) is 0 Å². The van der Waals surface area contributed by atoms with Crippen molar-refractivity contribution >= 4 is 33.0 Å². The van der Waals surface area contributed by atoms with Gasteiger partial charge in [0.2, 0.25) is 0 Å². The summed E-state index contributed by atoms with van der Waals surface area (Å²) in [6, 6.07) is 11.5. The summed E-state index contributed by atoms with van der Waals surface area (Å²) in [6.45, 7) is 1.58. The Morgan fingerprint density at radius 2 is 2.16 bits per heavy atom. The molecule has 0 unspecified atom stereocenters. The maximum atomic E-state index is 5.91. The topological polar surface area (TPSA) is 29.3 Å². The molecule has 0 atom stereocenters. The fourth-order valence-electron chi connectivity index (χ4n) is 2.37. The summed E-state index contributed by atoms with van der Waals surface area (Å²) in [4.78, 5) is 3.93. The number of nitrogens with two attached hydrogens (primary N) is 1. The summed E-state index contributed by atoms with van der Waals surface area (Å²) in [5.74, 6) is 0. The predicted octanol–water partition coefficient (Wildman–Crippen LogP) is 4.14. The van der Waals surface area contributed by atoms with E-state index in [0.717, 1.165) is 11.0 Å². The molecule has 3 rings (SSSR count). The molecule has 1 aromatic carbocycles. The highest BCUT2D eigenvalue weighted by Crippen LogP contribution is 2.36. The molecule has 1 fully saturated rings. The molecule has 1 heterocycles. The Morgan fingerprint density at radius 1 is 1.32 bits per heavy atom. The second-order valence-electron chi connectivity index (χ2n) is 4.92. The van der Waals surface area contributed by atoms with Crippen LogP contribution in [-0.2, 0) is 13.1 Å². The molecule has 2 aromatic rings. The van der Waals surface area contributed by atoms with Gasteiger partial charge in [0.1, 0.15) is 0 Å². The first kappa shape index (κ1) is 13.2. The number of nitrogens with zero attached hydrogens (tertiary/aromatic N) is 1. The van der Waals surface area contributed by atoms with Crippen molar-refractivity contribution in [1.29, 1.82) is 0 Å². The lowest BCUT2D eigenvalue weighted by atomic mass is 10.1. The van der Waals surface area contributed by atoms with E-state index in [1.807, 2.05) is 11.3 Å². The molecule has 2 N–H and O–H groups in total. The summed E-state index contributed by atoms with van der Waals surface area (Å²) in [7, 11) is 0. The molecule has 0 saturated heterocycles. The quantitative estimate of drug-likeness (QED) is 0.889. The normalized spacial score (nSPS) is 14.6. The van der Waals surface area contributed by atoms with Crippen LogP contribution >= 0.6 is 27.3 Å². The van der Waals surface area contributed by atoms with Gasteiger partial charge < -0.3 is 10.6 Å². The molecular formula is C15H17BrN2S. The third-order valence-corrected chi connectivity index (χ3v) is 4.82. The number of rotatable bonds is 5. The van der Waals surface area contributed by atoms with E-state index < -0.39 is 0 Å². The molecule has 1 saturated carbocycles. The minimum atomic E-state index is 0.586. The van der Waals surface area contributed by atoms with Crippen molar-refractivity contribution in [2.75, 3.05) is 4.90 Å². The average molecular weight is 337 g/mol. The van der Waals surface area contributed by atoms with Crippen LogP contribution < -0.4 is 10.6 Å². The molecule has 0 amide bonds. The van der Waals surface area contributed by atoms with Crippen molar-refractivity contribution in [3.05, 3.63) is 50.6 Å². The van der Waals surface area contributed by atoms with Gasteiger partial charge in [0.25, 0.3) is 0 Å². The highest BCUT2D eigenvalue weighted by molar-refractivity contribution is 9.10. The molecular weight excluding hydrogens is 320 g/mol. The molecule has 19 heavy (non-hydrogen) atoms. The Labute approximate surface area is 126 Å². The molecule has 4 heteroatoms. The zero-order valence-electron chi connectivity index (χ0n) is 10.7. The van der Waals surface area contributed by atoms with Crippen molar-refractivity contribution < 1.29 is 0 Å². The van der Waals surface area contributed by atoms with Crippen LogP contribution in [0.25, 0.3) is 0 Å². The lowest BCUT2D eigenvalue weighted by Crippen LogP contribution is -2.26. The minimum Gasteiger partial charge on any atom is -0.363 e. The lowest BCUT2D eigenvalue weighted by Gasteiger charge is -2.26. The van der Waals surface area contributed by atoms with E-state index in [-0.39, 0.29) is 0 Å². The number of benzene rings is 1. The first-order chi connectivity index (χ1) is 9.28. The van der Waals surface area contributed by atoms with Crippen LogP contribution in [0.4, 0.5) is 5.69 Å². The average Bonchev–Trinajstić information content (AvgIpc) is 3.13. The van der Waals surface area contributed by atoms with Crippen molar-refractivity contribution in [1.82, 2.24) is 0 Å². The van der Waals surface area contributed by atoms with Crippen molar-refractivity contribution in [3.63, 3.8) is 0 Å². The molecule has 100 valence electrons. The molecule has 1 aliphatic rings. The molecule has 2 nitrogen and oxygen atoms in total. The van der Waals surface area contributed by atoms with Gasteiger partial charge in [0, 0.05) is 27.6 Å². The smallest absolute Gasteiger partial charge is 0.0526 e. The first-order valence-electron chi connectivity index (χ1n) is 6.55. The Morgan fingerprint density at radius 3 is 2.79 bits per heavy atom. The summed E-state index contributed by atoms with van der Waals surface area (Å²) in [5.41, 5.74) is 8.42. The Kier molecular flexibility index (Phi) is 3.91. The van der Waals surface area contributed by atoms with Gasteiger partial charge in [-0.05, 0) is 48.1 Å². The second-order valence-corrected chi connectivity index (χ2v) is 6.86. The van der Waals surface area contributed by atoms with Gasteiger partial charge in [-0.2, -0.15) is 0 Å². The molecule has 0 aliphatic heterocycles. The zero-order chi connectivity index (χ0) is 13.2. The van der Waals surface area contributed by atoms with Crippen molar-refractivity contribution in [3.8, 4) is 0 Å². The maximum Gasteiger partial charge on any atom is 0.0526 e. The van der Waals surface area contributed by atoms with Crippen LogP contribution in [0.5, 0.6) is 0 Å². The van der Waals surface area contributed by atoms with Crippen LogP contribution in [0.1, 0.15) is 23.3 Å². The number of anilines is 1. The predicted molar refractivity (Wildman–Crippen MR) is 85.6 cm³/mol. The van der Waals surface area contributed by atoms with Crippen LogP contribution in [0.2, 0.25) is 0 Å². The van der Waals surface area contributed by atoms with E-state index in [4.69, 9.17) is 5.73 Å². The van der Waals surface area contributed by atoms with E-state index >= 15 is 0 Å². The van der Waals surface area contributed by atoms with Crippen LogP contribution in [-0.4, -0.2) is 6.04 Å². The maximum absolute atomic E-state index is 5.91. The monoisotopic (exact) mass is 336 g/mol. The summed E-state index contributed by atoms with van der Waals surface area (Å²) < 4.78 is 1.10. The molecule has 0 bridgehead atoms. The summed E-state index contributed by atoms with van der Waals surface area (Å²) in [5, 5.41) is 2.14. The summed E-state index contributed by atoms with van der Waals surface area (Å²) in [6.07, 6.45) is 2.59. The zero-order valence-corrected chi connectivity index (χ0v) is 13.1. The highest BCUT2D eigenvalue weighted by Gasteiger charge is 2.30. The van der Waals surface area contributed by atoms with Crippen LogP contribution in [0.15, 0.2) is 40.2 Å². The largest absolute Gasteiger partial charge is 0.363 e. The van der Waals surface area contributed by atoms with Crippen LogP contribution in [0.3, 0.4) is 0 Å². The van der Waals surface area contributed by atoms with E-state index in [1.165, 1.54) is 29.0 Å². The van der Waals surface area contributed by atoms with Crippen molar-refractivity contribution in [2.24, 2.45) is 5.73 Å². The SMILES string of the molecule is NCc1cc(Br)ccc1N(Cc1cccs1)C1CC1. The van der Waals surface area contributed by atoms with Gasteiger partial charge >= 0.3 is 0 Å². The first-order valence-corrected chi connectivity index (χ1v) is 8.22. The van der Waals surface area contributed by atoms with Gasteiger partial charge in [0.15, 0.2) is 0 Å². The van der Waals surface area contributed by atoms with E-state index in [1.54, 1.807) is 0 Å². The summed E-state index contributed by atoms with van der Waals surface area (Å²) >= 11 is 5.35. The fourth-order valence-corrected chi connectivity index (χ4v) is 3.48. The highest BCUT2D eigenvalue weighted by atomic mass is 79.9. The molecule has 1 aromatic heterocycles. The Bertz CT molecular complexity index is 549. The Hall–Kier alpha value is -0.840.